The molecule has 0 saturated heterocycles. The van der Waals surface area contributed by atoms with Gasteiger partial charge in [0.05, 0.1) is 6.04 Å². The number of nitrogens with zero attached hydrogens (tertiary/aromatic N) is 2. The summed E-state index contributed by atoms with van der Waals surface area (Å²) in [6.07, 6.45) is 1.77. The van der Waals surface area contributed by atoms with Crippen LogP contribution in [0.4, 0.5) is 0 Å². The molecule has 2 N–H and O–H groups in total. The van der Waals surface area contributed by atoms with Crippen molar-refractivity contribution >= 4 is 15.9 Å². The molecule has 0 aliphatic rings. The van der Waals surface area contributed by atoms with E-state index < -0.39 is 0 Å². The van der Waals surface area contributed by atoms with Gasteiger partial charge in [0.1, 0.15) is 0 Å². The predicted molar refractivity (Wildman–Crippen MR) is 68.5 cm³/mol. The van der Waals surface area contributed by atoms with Crippen molar-refractivity contribution in [3.63, 3.8) is 0 Å². The maximum atomic E-state index is 6.11. The summed E-state index contributed by atoms with van der Waals surface area (Å²) in [5.74, 6) is 1.17. The van der Waals surface area contributed by atoms with Crippen LogP contribution in [0.25, 0.3) is 0 Å². The zero-order chi connectivity index (χ0) is 12.3. The maximum absolute atomic E-state index is 6.11. The number of aryl methyl sites for hydroxylation is 1. The summed E-state index contributed by atoms with van der Waals surface area (Å²) in [7, 11) is 0. The number of nitrogens with two attached hydrogens (primary N) is 1. The molecule has 0 fully saturated rings. The minimum atomic E-state index is -0.361. The van der Waals surface area contributed by atoms with Gasteiger partial charge >= 0.3 is 0 Å². The largest absolute Gasteiger partial charge is 0.339 e. The summed E-state index contributed by atoms with van der Waals surface area (Å²) >= 11 is 3.47. The molecule has 1 heterocycles. The van der Waals surface area contributed by atoms with Gasteiger partial charge in [0.25, 0.3) is 0 Å². The summed E-state index contributed by atoms with van der Waals surface area (Å²) in [5, 5.41) is 3.92. The Bertz CT molecular complexity index is 498. The van der Waals surface area contributed by atoms with Crippen LogP contribution in [0.3, 0.4) is 0 Å². The Morgan fingerprint density at radius 3 is 2.88 bits per heavy atom. The summed E-state index contributed by atoms with van der Waals surface area (Å²) in [6, 6.07) is 7.42. The Labute approximate surface area is 108 Å². The van der Waals surface area contributed by atoms with E-state index in [-0.39, 0.29) is 6.04 Å². The van der Waals surface area contributed by atoms with Gasteiger partial charge in [0, 0.05) is 10.9 Å². The third-order valence-corrected chi connectivity index (χ3v) is 3.19. The minimum absolute atomic E-state index is 0.361. The van der Waals surface area contributed by atoms with E-state index in [0.717, 1.165) is 22.9 Å². The second-order valence-electron chi connectivity index (χ2n) is 3.80. The molecular weight excluding hydrogens is 282 g/mol. The minimum Gasteiger partial charge on any atom is -0.339 e. The highest BCUT2D eigenvalue weighted by Crippen LogP contribution is 2.25. The van der Waals surface area contributed by atoms with E-state index in [9.17, 15) is 0 Å². The second-order valence-corrected chi connectivity index (χ2v) is 4.65. The third kappa shape index (κ3) is 2.73. The monoisotopic (exact) mass is 295 g/mol. The Morgan fingerprint density at radius 2 is 2.18 bits per heavy atom. The number of rotatable bonds is 4. The molecule has 5 heteroatoms. The van der Waals surface area contributed by atoms with Crippen molar-refractivity contribution in [1.29, 1.82) is 0 Å². The van der Waals surface area contributed by atoms with Crippen LogP contribution in [0.2, 0.25) is 0 Å². The first-order chi connectivity index (χ1) is 8.22. The topological polar surface area (TPSA) is 64.9 Å². The van der Waals surface area contributed by atoms with Crippen molar-refractivity contribution in [2.75, 3.05) is 0 Å². The highest BCUT2D eigenvalue weighted by atomic mass is 79.9. The second kappa shape index (κ2) is 5.42. The van der Waals surface area contributed by atoms with E-state index in [1.165, 1.54) is 0 Å². The molecule has 0 aliphatic heterocycles. The van der Waals surface area contributed by atoms with Gasteiger partial charge in [-0.05, 0) is 18.1 Å². The zero-order valence-electron chi connectivity index (χ0n) is 9.56. The fourth-order valence-electron chi connectivity index (χ4n) is 1.58. The number of hydrogen-bond acceptors (Lipinski definition) is 4. The van der Waals surface area contributed by atoms with Gasteiger partial charge in [-0.2, -0.15) is 4.98 Å². The average Bonchev–Trinajstić information content (AvgIpc) is 2.78. The van der Waals surface area contributed by atoms with Crippen LogP contribution in [0.15, 0.2) is 33.3 Å². The average molecular weight is 296 g/mol. The quantitative estimate of drug-likeness (QED) is 0.942. The summed E-state index contributed by atoms with van der Waals surface area (Å²) in [5.41, 5.74) is 7.07. The lowest BCUT2D eigenvalue weighted by Crippen LogP contribution is -2.14. The molecule has 0 saturated carbocycles. The van der Waals surface area contributed by atoms with E-state index >= 15 is 0 Å². The first-order valence-electron chi connectivity index (χ1n) is 5.55. The van der Waals surface area contributed by atoms with Crippen molar-refractivity contribution in [1.82, 2.24) is 10.1 Å². The van der Waals surface area contributed by atoms with Gasteiger partial charge in [-0.25, -0.2) is 0 Å². The van der Waals surface area contributed by atoms with Crippen molar-refractivity contribution in [3.05, 3.63) is 46.0 Å². The van der Waals surface area contributed by atoms with E-state index in [2.05, 4.69) is 33.0 Å². The van der Waals surface area contributed by atoms with Gasteiger partial charge in [-0.15, -0.1) is 0 Å². The smallest absolute Gasteiger partial charge is 0.226 e. The fourth-order valence-corrected chi connectivity index (χ4v) is 2.11. The first-order valence-corrected chi connectivity index (χ1v) is 6.34. The zero-order valence-corrected chi connectivity index (χ0v) is 11.1. The lowest BCUT2D eigenvalue weighted by Gasteiger charge is -2.08. The van der Waals surface area contributed by atoms with Crippen molar-refractivity contribution < 1.29 is 4.52 Å². The third-order valence-electron chi connectivity index (χ3n) is 2.47. The SMILES string of the molecule is CCCc1nc(C(N)c2ccccc2Br)no1. The molecule has 0 aliphatic carbocycles. The van der Waals surface area contributed by atoms with Crippen LogP contribution in [-0.2, 0) is 6.42 Å². The molecule has 0 amide bonds. The summed E-state index contributed by atoms with van der Waals surface area (Å²) in [6.45, 7) is 2.07. The van der Waals surface area contributed by atoms with E-state index in [1.54, 1.807) is 0 Å². The molecule has 2 rings (SSSR count). The van der Waals surface area contributed by atoms with Gasteiger partial charge in [-0.3, -0.25) is 0 Å². The lowest BCUT2D eigenvalue weighted by atomic mass is 10.1. The standard InChI is InChI=1S/C12H14BrN3O/c1-2-5-10-15-12(16-17-10)11(14)8-6-3-4-7-9(8)13/h3-4,6-7,11H,2,5,14H2,1H3. The molecule has 1 unspecified atom stereocenters. The number of benzene rings is 1. The van der Waals surface area contributed by atoms with Gasteiger partial charge in [0.15, 0.2) is 5.82 Å². The molecule has 0 spiro atoms. The summed E-state index contributed by atoms with van der Waals surface area (Å²) < 4.78 is 6.08. The molecule has 4 nitrogen and oxygen atoms in total. The lowest BCUT2D eigenvalue weighted by molar-refractivity contribution is 0.370. The van der Waals surface area contributed by atoms with Crippen LogP contribution in [0.5, 0.6) is 0 Å². The Balaban J connectivity index is 2.24. The Hall–Kier alpha value is -1.20. The first kappa shape index (κ1) is 12.3. The highest BCUT2D eigenvalue weighted by molar-refractivity contribution is 9.10. The molecular formula is C12H14BrN3O. The van der Waals surface area contributed by atoms with Crippen molar-refractivity contribution in [2.45, 2.75) is 25.8 Å². The van der Waals surface area contributed by atoms with Crippen LogP contribution >= 0.6 is 15.9 Å². The predicted octanol–water partition coefficient (Wildman–Crippen LogP) is 2.83. The van der Waals surface area contributed by atoms with E-state index in [0.29, 0.717) is 11.7 Å². The number of halogens is 1. The van der Waals surface area contributed by atoms with Crippen LogP contribution in [0, 0.1) is 0 Å². The molecule has 1 aromatic carbocycles. The molecule has 2 aromatic rings. The molecule has 90 valence electrons. The molecule has 1 aromatic heterocycles. The van der Waals surface area contributed by atoms with E-state index in [4.69, 9.17) is 10.3 Å². The normalized spacial score (nSPS) is 12.6. The van der Waals surface area contributed by atoms with Crippen LogP contribution in [0.1, 0.15) is 36.7 Å². The maximum Gasteiger partial charge on any atom is 0.226 e. The Morgan fingerprint density at radius 1 is 1.41 bits per heavy atom. The van der Waals surface area contributed by atoms with Crippen molar-refractivity contribution in [3.8, 4) is 0 Å². The Kier molecular flexibility index (Phi) is 3.91. The van der Waals surface area contributed by atoms with Gasteiger partial charge in [-0.1, -0.05) is 46.2 Å². The molecule has 1 atom stereocenters. The molecule has 0 bridgehead atoms. The number of aromatic nitrogens is 2. The van der Waals surface area contributed by atoms with E-state index in [1.807, 2.05) is 24.3 Å². The van der Waals surface area contributed by atoms with Crippen LogP contribution in [-0.4, -0.2) is 10.1 Å². The van der Waals surface area contributed by atoms with Crippen molar-refractivity contribution in [2.24, 2.45) is 5.73 Å². The highest BCUT2D eigenvalue weighted by Gasteiger charge is 2.17. The number of hydrogen-bond donors (Lipinski definition) is 1. The molecule has 0 radical (unpaired) electrons. The summed E-state index contributed by atoms with van der Waals surface area (Å²) in [4.78, 5) is 4.29. The van der Waals surface area contributed by atoms with Gasteiger partial charge < -0.3 is 10.3 Å². The fraction of sp³-hybridized carbons (Fsp3) is 0.333. The molecule has 17 heavy (non-hydrogen) atoms. The van der Waals surface area contributed by atoms with Gasteiger partial charge in [0.2, 0.25) is 5.89 Å². The van der Waals surface area contributed by atoms with Crippen LogP contribution < -0.4 is 5.73 Å².